The maximum Gasteiger partial charge on any atom is 0.230 e. The van der Waals surface area contributed by atoms with Gasteiger partial charge in [0.15, 0.2) is 0 Å². The molecule has 19 heavy (non-hydrogen) atoms. The van der Waals surface area contributed by atoms with Crippen molar-refractivity contribution in [2.24, 2.45) is 11.8 Å². The summed E-state index contributed by atoms with van der Waals surface area (Å²) in [5.41, 5.74) is 0.877. The zero-order chi connectivity index (χ0) is 13.7. The second kappa shape index (κ2) is 6.35. The van der Waals surface area contributed by atoms with Crippen molar-refractivity contribution in [2.45, 2.75) is 13.3 Å². The first kappa shape index (κ1) is 13.6. The molecule has 0 aromatic heterocycles. The molecule has 0 spiro atoms. The standard InChI is InChI=1S/C15H19N3O/c1-12(13-10-17-11-13)15(19)18(9-5-8-16)14-6-3-2-4-7-14/h2-4,6-7,12-13,17H,5,9-11H2,1H3. The molecule has 4 nitrogen and oxygen atoms in total. The van der Waals surface area contributed by atoms with E-state index < -0.39 is 0 Å². The van der Waals surface area contributed by atoms with E-state index in [9.17, 15) is 4.79 Å². The molecular weight excluding hydrogens is 238 g/mol. The normalized spacial score (nSPS) is 16.2. The Kier molecular flexibility index (Phi) is 4.53. The van der Waals surface area contributed by atoms with Crippen molar-refractivity contribution < 1.29 is 4.79 Å². The number of hydrogen-bond acceptors (Lipinski definition) is 3. The predicted octanol–water partition coefficient (Wildman–Crippen LogP) is 1.79. The zero-order valence-electron chi connectivity index (χ0n) is 11.2. The lowest BCUT2D eigenvalue weighted by Gasteiger charge is -2.35. The number of amides is 1. The molecule has 4 heteroatoms. The summed E-state index contributed by atoms with van der Waals surface area (Å²) < 4.78 is 0. The fourth-order valence-electron chi connectivity index (χ4n) is 2.25. The third-order valence-electron chi connectivity index (χ3n) is 3.69. The first-order valence-corrected chi connectivity index (χ1v) is 6.68. The van der Waals surface area contributed by atoms with Crippen LogP contribution in [-0.2, 0) is 4.79 Å². The fraction of sp³-hybridized carbons (Fsp3) is 0.467. The Balaban J connectivity index is 2.12. The number of nitrogens with zero attached hydrogens (tertiary/aromatic N) is 2. The number of hydrogen-bond donors (Lipinski definition) is 1. The van der Waals surface area contributed by atoms with Crippen LogP contribution < -0.4 is 10.2 Å². The van der Waals surface area contributed by atoms with Crippen LogP contribution in [0.3, 0.4) is 0 Å². The van der Waals surface area contributed by atoms with Gasteiger partial charge >= 0.3 is 0 Å². The van der Waals surface area contributed by atoms with Gasteiger partial charge in [0.1, 0.15) is 0 Å². The number of rotatable bonds is 5. The van der Waals surface area contributed by atoms with Crippen LogP contribution in [-0.4, -0.2) is 25.5 Å². The summed E-state index contributed by atoms with van der Waals surface area (Å²) in [5.74, 6) is 0.536. The highest BCUT2D eigenvalue weighted by molar-refractivity contribution is 5.95. The van der Waals surface area contributed by atoms with Crippen LogP contribution in [0, 0.1) is 23.2 Å². The van der Waals surface area contributed by atoms with Crippen LogP contribution >= 0.6 is 0 Å². The Hall–Kier alpha value is -1.86. The van der Waals surface area contributed by atoms with Gasteiger partial charge in [-0.25, -0.2) is 0 Å². The summed E-state index contributed by atoms with van der Waals surface area (Å²) in [7, 11) is 0. The lowest BCUT2D eigenvalue weighted by atomic mass is 9.87. The monoisotopic (exact) mass is 257 g/mol. The lowest BCUT2D eigenvalue weighted by molar-refractivity contribution is -0.124. The number of para-hydroxylation sites is 1. The van der Waals surface area contributed by atoms with E-state index in [4.69, 9.17) is 5.26 Å². The molecule has 100 valence electrons. The molecule has 1 saturated heterocycles. The van der Waals surface area contributed by atoms with Crippen molar-refractivity contribution in [3.05, 3.63) is 30.3 Å². The minimum Gasteiger partial charge on any atom is -0.316 e. The number of carbonyl (C=O) groups excluding carboxylic acids is 1. The van der Waals surface area contributed by atoms with Crippen LogP contribution in [0.25, 0.3) is 0 Å². The second-order valence-electron chi connectivity index (χ2n) is 4.94. The molecule has 1 aromatic rings. The van der Waals surface area contributed by atoms with E-state index in [1.165, 1.54) is 0 Å². The molecule has 1 aromatic carbocycles. The fourth-order valence-corrected chi connectivity index (χ4v) is 2.25. The van der Waals surface area contributed by atoms with Crippen molar-refractivity contribution in [1.82, 2.24) is 5.32 Å². The topological polar surface area (TPSA) is 56.1 Å². The van der Waals surface area contributed by atoms with Crippen molar-refractivity contribution in [3.8, 4) is 6.07 Å². The molecule has 1 amide bonds. The Labute approximate surface area is 114 Å². The van der Waals surface area contributed by atoms with Crippen LogP contribution in [0.2, 0.25) is 0 Å². The van der Waals surface area contributed by atoms with Gasteiger partial charge in [-0.2, -0.15) is 5.26 Å². The van der Waals surface area contributed by atoms with Crippen molar-refractivity contribution in [1.29, 1.82) is 5.26 Å². The van der Waals surface area contributed by atoms with Crippen molar-refractivity contribution >= 4 is 11.6 Å². The molecular formula is C15H19N3O. The average molecular weight is 257 g/mol. The number of carbonyl (C=O) groups is 1. The zero-order valence-corrected chi connectivity index (χ0v) is 11.2. The van der Waals surface area contributed by atoms with Crippen molar-refractivity contribution in [3.63, 3.8) is 0 Å². The third-order valence-corrected chi connectivity index (χ3v) is 3.69. The lowest BCUT2D eigenvalue weighted by Crippen LogP contribution is -2.50. The van der Waals surface area contributed by atoms with Gasteiger partial charge in [-0.1, -0.05) is 25.1 Å². The Morgan fingerprint density at radius 2 is 2.16 bits per heavy atom. The largest absolute Gasteiger partial charge is 0.316 e. The first-order valence-electron chi connectivity index (χ1n) is 6.68. The molecule has 1 N–H and O–H groups in total. The highest BCUT2D eigenvalue weighted by Gasteiger charge is 2.31. The second-order valence-corrected chi connectivity index (χ2v) is 4.94. The first-order chi connectivity index (χ1) is 9.24. The summed E-state index contributed by atoms with van der Waals surface area (Å²) in [6.45, 7) is 4.27. The Bertz CT molecular complexity index is 462. The van der Waals surface area contributed by atoms with Crippen LogP contribution in [0.1, 0.15) is 13.3 Å². The molecule has 0 aliphatic carbocycles. The summed E-state index contributed by atoms with van der Waals surface area (Å²) in [4.78, 5) is 14.3. The van der Waals surface area contributed by atoms with E-state index in [-0.39, 0.29) is 11.8 Å². The molecule has 1 fully saturated rings. The molecule has 1 aliphatic heterocycles. The van der Waals surface area contributed by atoms with Crippen LogP contribution in [0.4, 0.5) is 5.69 Å². The van der Waals surface area contributed by atoms with Gasteiger partial charge in [-0.3, -0.25) is 4.79 Å². The summed E-state index contributed by atoms with van der Waals surface area (Å²) in [6, 6.07) is 11.7. The maximum atomic E-state index is 12.6. The highest BCUT2D eigenvalue weighted by atomic mass is 16.2. The molecule has 1 aliphatic rings. The SMILES string of the molecule is CC(C(=O)N(CCC#N)c1ccccc1)C1CNC1. The van der Waals surface area contributed by atoms with Gasteiger partial charge < -0.3 is 10.2 Å². The molecule has 1 heterocycles. The van der Waals surface area contributed by atoms with E-state index in [1.807, 2.05) is 37.3 Å². The molecule has 0 saturated carbocycles. The number of anilines is 1. The van der Waals surface area contributed by atoms with Gasteiger partial charge in [0.25, 0.3) is 0 Å². The molecule has 1 atom stereocenters. The molecule has 0 radical (unpaired) electrons. The van der Waals surface area contributed by atoms with Gasteiger partial charge in [-0.05, 0) is 31.1 Å². The smallest absolute Gasteiger partial charge is 0.230 e. The quantitative estimate of drug-likeness (QED) is 0.875. The summed E-state index contributed by atoms with van der Waals surface area (Å²) >= 11 is 0. The van der Waals surface area contributed by atoms with Gasteiger partial charge in [0, 0.05) is 18.2 Å². The van der Waals surface area contributed by atoms with E-state index in [2.05, 4.69) is 11.4 Å². The predicted molar refractivity (Wildman–Crippen MR) is 74.5 cm³/mol. The maximum absolute atomic E-state index is 12.6. The number of nitrogens with one attached hydrogen (secondary N) is 1. The summed E-state index contributed by atoms with van der Waals surface area (Å²) in [6.07, 6.45) is 0.357. The van der Waals surface area contributed by atoms with E-state index in [1.54, 1.807) is 4.90 Å². The van der Waals surface area contributed by atoms with Crippen molar-refractivity contribution in [2.75, 3.05) is 24.5 Å². The van der Waals surface area contributed by atoms with E-state index in [0.717, 1.165) is 18.8 Å². The van der Waals surface area contributed by atoms with Gasteiger partial charge in [-0.15, -0.1) is 0 Å². The van der Waals surface area contributed by atoms with Gasteiger partial charge in [0.2, 0.25) is 5.91 Å². The number of nitriles is 1. The molecule has 1 unspecified atom stereocenters. The Morgan fingerprint density at radius 3 is 2.68 bits per heavy atom. The minimum atomic E-state index is 0.000138. The Morgan fingerprint density at radius 1 is 1.47 bits per heavy atom. The van der Waals surface area contributed by atoms with Crippen LogP contribution in [0.15, 0.2) is 30.3 Å². The highest BCUT2D eigenvalue weighted by Crippen LogP contribution is 2.22. The summed E-state index contributed by atoms with van der Waals surface area (Å²) in [5, 5.41) is 11.9. The number of benzene rings is 1. The van der Waals surface area contributed by atoms with E-state index in [0.29, 0.717) is 18.9 Å². The minimum absolute atomic E-state index is 0.000138. The van der Waals surface area contributed by atoms with E-state index >= 15 is 0 Å². The third kappa shape index (κ3) is 3.12. The van der Waals surface area contributed by atoms with Crippen LogP contribution in [0.5, 0.6) is 0 Å². The molecule has 0 bridgehead atoms. The average Bonchev–Trinajstić information content (AvgIpc) is 2.38. The molecule has 2 rings (SSSR count). The van der Waals surface area contributed by atoms with Gasteiger partial charge in [0.05, 0.1) is 12.5 Å².